The number of benzene rings is 1. The number of hydrogen-bond acceptors (Lipinski definition) is 5. The van der Waals surface area contributed by atoms with Gasteiger partial charge in [-0.25, -0.2) is 5.01 Å². The second-order valence-corrected chi connectivity index (χ2v) is 5.17. The van der Waals surface area contributed by atoms with Crippen molar-refractivity contribution in [2.75, 3.05) is 13.2 Å². The summed E-state index contributed by atoms with van der Waals surface area (Å²) >= 11 is 0. The molecule has 1 N–H and O–H groups in total. The molecule has 1 saturated heterocycles. The van der Waals surface area contributed by atoms with Crippen LogP contribution >= 0.6 is 0 Å². The zero-order valence-electron chi connectivity index (χ0n) is 11.9. The van der Waals surface area contributed by atoms with Gasteiger partial charge in [-0.1, -0.05) is 6.07 Å². The Morgan fingerprint density at radius 1 is 1.14 bits per heavy atom. The second-order valence-electron chi connectivity index (χ2n) is 5.17. The van der Waals surface area contributed by atoms with Crippen LogP contribution in [0.25, 0.3) is 0 Å². The van der Waals surface area contributed by atoms with Gasteiger partial charge in [0, 0.05) is 18.4 Å². The van der Waals surface area contributed by atoms with Crippen molar-refractivity contribution in [1.82, 2.24) is 10.0 Å². The van der Waals surface area contributed by atoms with Gasteiger partial charge in [-0.15, -0.1) is 0 Å². The Balaban J connectivity index is 1.90. The van der Waals surface area contributed by atoms with Crippen molar-refractivity contribution in [2.45, 2.75) is 25.8 Å². The van der Waals surface area contributed by atoms with Crippen LogP contribution in [0.2, 0.25) is 0 Å². The fourth-order valence-corrected chi connectivity index (χ4v) is 2.75. The average Bonchev–Trinajstić information content (AvgIpc) is 2.83. The van der Waals surface area contributed by atoms with E-state index in [1.54, 1.807) is 18.2 Å². The van der Waals surface area contributed by atoms with Crippen molar-refractivity contribution in [3.63, 3.8) is 0 Å². The minimum Gasteiger partial charge on any atom is -0.491 e. The molecular formula is C15H16N2O5. The summed E-state index contributed by atoms with van der Waals surface area (Å²) in [7, 11) is 0. The first kappa shape index (κ1) is 14.5. The third-order valence-corrected chi connectivity index (χ3v) is 3.75. The molecule has 7 heteroatoms. The molecule has 2 aliphatic heterocycles. The molecule has 3 amide bonds. The van der Waals surface area contributed by atoms with E-state index in [0.29, 0.717) is 23.3 Å². The van der Waals surface area contributed by atoms with Gasteiger partial charge >= 0.3 is 0 Å². The number of carbonyl (C=O) groups is 3. The molecule has 0 spiro atoms. The summed E-state index contributed by atoms with van der Waals surface area (Å²) in [5.41, 5.74) is 1.05. The van der Waals surface area contributed by atoms with Crippen molar-refractivity contribution >= 4 is 17.7 Å². The number of rotatable bonds is 4. The van der Waals surface area contributed by atoms with E-state index in [0.717, 1.165) is 5.01 Å². The molecular weight excluding hydrogens is 288 g/mol. The maximum absolute atomic E-state index is 12.5. The third-order valence-electron chi connectivity index (χ3n) is 3.75. The topological polar surface area (TPSA) is 87.2 Å². The van der Waals surface area contributed by atoms with E-state index in [-0.39, 0.29) is 50.3 Å². The number of piperidine rings is 1. The number of hydrazine groups is 1. The van der Waals surface area contributed by atoms with Gasteiger partial charge in [-0.05, 0) is 18.6 Å². The number of nitrogens with zero attached hydrogens (tertiary/aromatic N) is 2. The van der Waals surface area contributed by atoms with Crippen LogP contribution in [0.3, 0.4) is 0 Å². The Labute approximate surface area is 127 Å². The molecule has 3 rings (SSSR count). The van der Waals surface area contributed by atoms with Crippen molar-refractivity contribution in [3.8, 4) is 5.75 Å². The number of fused-ring (bicyclic) bond motifs is 1. The van der Waals surface area contributed by atoms with Gasteiger partial charge in [-0.2, -0.15) is 5.01 Å². The summed E-state index contributed by atoms with van der Waals surface area (Å²) in [6.45, 7) is 0.101. The van der Waals surface area contributed by atoms with Crippen LogP contribution in [0.15, 0.2) is 18.2 Å². The van der Waals surface area contributed by atoms with E-state index in [9.17, 15) is 14.4 Å². The van der Waals surface area contributed by atoms with Gasteiger partial charge < -0.3 is 9.84 Å². The van der Waals surface area contributed by atoms with Crippen molar-refractivity contribution in [2.24, 2.45) is 0 Å². The monoisotopic (exact) mass is 304 g/mol. The number of aliphatic hydroxyl groups is 1. The predicted molar refractivity (Wildman–Crippen MR) is 74.6 cm³/mol. The lowest BCUT2D eigenvalue weighted by molar-refractivity contribution is -0.163. The van der Waals surface area contributed by atoms with Crippen LogP contribution in [-0.4, -0.2) is 46.1 Å². The van der Waals surface area contributed by atoms with E-state index < -0.39 is 0 Å². The number of imide groups is 1. The van der Waals surface area contributed by atoms with E-state index in [1.165, 1.54) is 5.01 Å². The predicted octanol–water partition coefficient (Wildman–Crippen LogP) is 0.468. The molecule has 0 aromatic heterocycles. The Hall–Kier alpha value is -2.41. The van der Waals surface area contributed by atoms with E-state index >= 15 is 0 Å². The van der Waals surface area contributed by atoms with Gasteiger partial charge in [0.25, 0.3) is 5.91 Å². The van der Waals surface area contributed by atoms with Crippen molar-refractivity contribution in [3.05, 3.63) is 29.3 Å². The number of amides is 3. The van der Waals surface area contributed by atoms with Crippen LogP contribution in [-0.2, 0) is 16.1 Å². The molecule has 7 nitrogen and oxygen atoms in total. The minimum atomic E-state index is -0.381. The first-order valence-electron chi connectivity index (χ1n) is 7.16. The van der Waals surface area contributed by atoms with Gasteiger partial charge in [0.2, 0.25) is 11.8 Å². The molecule has 0 radical (unpaired) electrons. The van der Waals surface area contributed by atoms with Gasteiger partial charge in [-0.3, -0.25) is 14.4 Å². The number of carbonyl (C=O) groups excluding carboxylic acids is 3. The molecule has 116 valence electrons. The smallest absolute Gasteiger partial charge is 0.273 e. The Bertz CT molecular complexity index is 627. The fraction of sp³-hybridized carbons (Fsp3) is 0.400. The van der Waals surface area contributed by atoms with E-state index in [2.05, 4.69) is 0 Å². The first-order chi connectivity index (χ1) is 10.6. The second kappa shape index (κ2) is 5.76. The summed E-state index contributed by atoms with van der Waals surface area (Å²) < 4.78 is 5.42. The Morgan fingerprint density at radius 3 is 2.55 bits per heavy atom. The van der Waals surface area contributed by atoms with Gasteiger partial charge in [0.15, 0.2) is 0 Å². The van der Waals surface area contributed by atoms with E-state index in [4.69, 9.17) is 9.84 Å². The molecule has 0 atom stereocenters. The Morgan fingerprint density at radius 2 is 1.86 bits per heavy atom. The van der Waals surface area contributed by atoms with Crippen LogP contribution < -0.4 is 4.74 Å². The molecule has 1 aromatic rings. The van der Waals surface area contributed by atoms with E-state index in [1.807, 2.05) is 0 Å². The van der Waals surface area contributed by atoms with Crippen LogP contribution in [0.1, 0.15) is 35.2 Å². The summed E-state index contributed by atoms with van der Waals surface area (Å²) in [6.07, 6.45) is 1.05. The van der Waals surface area contributed by atoms with Crippen molar-refractivity contribution in [1.29, 1.82) is 0 Å². The first-order valence-corrected chi connectivity index (χ1v) is 7.16. The highest BCUT2D eigenvalue weighted by molar-refractivity contribution is 6.04. The molecule has 0 aliphatic carbocycles. The molecule has 1 fully saturated rings. The Kier molecular flexibility index (Phi) is 3.81. The standard InChI is InChI=1S/C15H16N2O5/c18-7-8-22-12-4-1-3-10-11(12)9-16(15(10)21)17-13(19)5-2-6-14(17)20/h1,3-4,18H,2,5-9H2. The lowest BCUT2D eigenvalue weighted by Gasteiger charge is -2.32. The highest BCUT2D eigenvalue weighted by Crippen LogP contribution is 2.33. The lowest BCUT2D eigenvalue weighted by Crippen LogP contribution is -2.52. The van der Waals surface area contributed by atoms with Crippen LogP contribution in [0.4, 0.5) is 0 Å². The number of ether oxygens (including phenoxy) is 1. The average molecular weight is 304 g/mol. The highest BCUT2D eigenvalue weighted by Gasteiger charge is 2.40. The zero-order chi connectivity index (χ0) is 15.7. The third kappa shape index (κ3) is 2.33. The minimum absolute atomic E-state index is 0.117. The maximum atomic E-state index is 12.5. The maximum Gasteiger partial charge on any atom is 0.273 e. The summed E-state index contributed by atoms with van der Waals surface area (Å²) in [4.78, 5) is 36.5. The van der Waals surface area contributed by atoms with Crippen LogP contribution in [0.5, 0.6) is 5.75 Å². The van der Waals surface area contributed by atoms with Crippen LogP contribution in [0, 0.1) is 0 Å². The molecule has 22 heavy (non-hydrogen) atoms. The quantitative estimate of drug-likeness (QED) is 0.817. The zero-order valence-corrected chi connectivity index (χ0v) is 11.9. The summed E-state index contributed by atoms with van der Waals surface area (Å²) in [5, 5.41) is 11.0. The fourth-order valence-electron chi connectivity index (χ4n) is 2.75. The molecule has 1 aromatic carbocycles. The highest BCUT2D eigenvalue weighted by atomic mass is 16.5. The summed E-state index contributed by atoms with van der Waals surface area (Å²) in [6, 6.07) is 5.01. The largest absolute Gasteiger partial charge is 0.491 e. The molecule has 2 aliphatic rings. The molecule has 0 saturated carbocycles. The lowest BCUT2D eigenvalue weighted by atomic mass is 10.1. The normalized spacial score (nSPS) is 18.0. The van der Waals surface area contributed by atoms with Crippen molar-refractivity contribution < 1.29 is 24.2 Å². The number of aliphatic hydroxyl groups excluding tert-OH is 1. The molecule has 0 bridgehead atoms. The van der Waals surface area contributed by atoms with Gasteiger partial charge in [0.05, 0.1) is 18.7 Å². The van der Waals surface area contributed by atoms with Gasteiger partial charge in [0.1, 0.15) is 12.4 Å². The molecule has 2 heterocycles. The number of hydrogen-bond donors (Lipinski definition) is 1. The molecule has 0 unspecified atom stereocenters. The summed E-state index contributed by atoms with van der Waals surface area (Å²) in [5.74, 6) is -0.599. The SMILES string of the molecule is O=C1c2cccc(OCCO)c2CN1N1C(=O)CCCC1=O.